The fourth-order valence-corrected chi connectivity index (χ4v) is 2.96. The number of thiazole rings is 1. The smallest absolute Gasteiger partial charge is 0.0976 e. The van der Waals surface area contributed by atoms with Crippen molar-refractivity contribution in [1.82, 2.24) is 4.98 Å². The van der Waals surface area contributed by atoms with Crippen LogP contribution < -0.4 is 5.73 Å². The molecule has 3 aromatic rings. The van der Waals surface area contributed by atoms with Gasteiger partial charge in [-0.1, -0.05) is 35.9 Å². The molecule has 0 atom stereocenters. The molecular weight excluding hydrogens is 288 g/mol. The fourth-order valence-electron chi connectivity index (χ4n) is 2.00. The lowest BCUT2D eigenvalue weighted by Gasteiger charge is -1.99. The Hall–Kier alpha value is -1.84. The summed E-state index contributed by atoms with van der Waals surface area (Å²) in [6.45, 7) is 0. The summed E-state index contributed by atoms with van der Waals surface area (Å²) in [5.74, 6) is 0. The topological polar surface area (TPSA) is 38.9 Å². The van der Waals surface area contributed by atoms with Gasteiger partial charge < -0.3 is 5.73 Å². The Morgan fingerprint density at radius 1 is 1.10 bits per heavy atom. The van der Waals surface area contributed by atoms with Crippen molar-refractivity contribution in [1.29, 1.82) is 0 Å². The van der Waals surface area contributed by atoms with E-state index in [1.54, 1.807) is 11.3 Å². The average molecular weight is 301 g/mol. The Balaban J connectivity index is 1.82. The van der Waals surface area contributed by atoms with Crippen LogP contribution in [0.1, 0.15) is 10.6 Å². The summed E-state index contributed by atoms with van der Waals surface area (Å²) in [6, 6.07) is 15.7. The molecular formula is C16H13ClN2S. The largest absolute Gasteiger partial charge is 0.399 e. The van der Waals surface area contributed by atoms with Gasteiger partial charge in [0.05, 0.1) is 10.7 Å². The standard InChI is InChI=1S/C16H13ClN2S/c17-13-6-4-11(5-7-13)8-16-19-15(10-20-16)12-2-1-3-14(18)9-12/h1-7,9-10H,8,18H2. The number of hydrogen-bond donors (Lipinski definition) is 1. The number of nitrogen functional groups attached to an aromatic ring is 1. The van der Waals surface area contributed by atoms with Gasteiger partial charge in [0.25, 0.3) is 0 Å². The van der Waals surface area contributed by atoms with E-state index in [1.165, 1.54) is 5.56 Å². The average Bonchev–Trinajstić information content (AvgIpc) is 2.90. The van der Waals surface area contributed by atoms with E-state index in [4.69, 9.17) is 17.3 Å². The predicted molar refractivity (Wildman–Crippen MR) is 86.2 cm³/mol. The molecule has 1 heterocycles. The molecule has 0 saturated heterocycles. The molecule has 0 aliphatic heterocycles. The highest BCUT2D eigenvalue weighted by Crippen LogP contribution is 2.25. The number of nitrogens with zero attached hydrogens (tertiary/aromatic N) is 1. The van der Waals surface area contributed by atoms with Gasteiger partial charge in [-0.3, -0.25) is 0 Å². The molecule has 0 unspecified atom stereocenters. The zero-order valence-corrected chi connectivity index (χ0v) is 12.3. The summed E-state index contributed by atoms with van der Waals surface area (Å²) >= 11 is 7.55. The Kier molecular flexibility index (Phi) is 3.72. The van der Waals surface area contributed by atoms with Crippen molar-refractivity contribution in [2.24, 2.45) is 0 Å². The van der Waals surface area contributed by atoms with Crippen LogP contribution in [0.4, 0.5) is 5.69 Å². The number of hydrogen-bond acceptors (Lipinski definition) is 3. The van der Waals surface area contributed by atoms with Crippen molar-refractivity contribution in [3.05, 3.63) is 69.5 Å². The summed E-state index contributed by atoms with van der Waals surface area (Å²) in [4.78, 5) is 4.67. The summed E-state index contributed by atoms with van der Waals surface area (Å²) in [7, 11) is 0. The molecule has 100 valence electrons. The van der Waals surface area contributed by atoms with E-state index < -0.39 is 0 Å². The van der Waals surface area contributed by atoms with Crippen LogP contribution in [0.15, 0.2) is 53.9 Å². The maximum atomic E-state index is 5.89. The Morgan fingerprint density at radius 3 is 2.65 bits per heavy atom. The van der Waals surface area contributed by atoms with Crippen molar-refractivity contribution >= 4 is 28.6 Å². The van der Waals surface area contributed by atoms with Crippen LogP contribution in [0.25, 0.3) is 11.3 Å². The van der Waals surface area contributed by atoms with Crippen LogP contribution in [0.2, 0.25) is 5.02 Å². The first-order chi connectivity index (χ1) is 9.70. The number of anilines is 1. The Labute approximate surface area is 126 Å². The fraction of sp³-hybridized carbons (Fsp3) is 0.0625. The zero-order valence-electron chi connectivity index (χ0n) is 10.7. The van der Waals surface area contributed by atoms with Crippen LogP contribution in [0.3, 0.4) is 0 Å². The van der Waals surface area contributed by atoms with Crippen molar-refractivity contribution in [2.75, 3.05) is 5.73 Å². The van der Waals surface area contributed by atoms with Crippen molar-refractivity contribution < 1.29 is 0 Å². The molecule has 20 heavy (non-hydrogen) atoms. The molecule has 2 aromatic carbocycles. The summed E-state index contributed by atoms with van der Waals surface area (Å²) in [5, 5.41) is 3.91. The van der Waals surface area contributed by atoms with Crippen LogP contribution in [0, 0.1) is 0 Å². The summed E-state index contributed by atoms with van der Waals surface area (Å²) in [6.07, 6.45) is 0.824. The number of aromatic nitrogens is 1. The molecule has 0 bridgehead atoms. The van der Waals surface area contributed by atoms with Gasteiger partial charge in [0, 0.05) is 28.1 Å². The summed E-state index contributed by atoms with van der Waals surface area (Å²) in [5.41, 5.74) is 9.81. The molecule has 1 aromatic heterocycles. The number of benzene rings is 2. The molecule has 2 N–H and O–H groups in total. The molecule has 2 nitrogen and oxygen atoms in total. The zero-order chi connectivity index (χ0) is 13.9. The van der Waals surface area contributed by atoms with E-state index in [9.17, 15) is 0 Å². The lowest BCUT2D eigenvalue weighted by molar-refractivity contribution is 1.14. The van der Waals surface area contributed by atoms with Crippen LogP contribution >= 0.6 is 22.9 Å². The van der Waals surface area contributed by atoms with Crippen LogP contribution in [-0.4, -0.2) is 4.98 Å². The minimum Gasteiger partial charge on any atom is -0.399 e. The van der Waals surface area contributed by atoms with Gasteiger partial charge in [-0.2, -0.15) is 0 Å². The van der Waals surface area contributed by atoms with E-state index in [-0.39, 0.29) is 0 Å². The van der Waals surface area contributed by atoms with Crippen LogP contribution in [0.5, 0.6) is 0 Å². The van der Waals surface area contributed by atoms with Gasteiger partial charge >= 0.3 is 0 Å². The molecule has 0 spiro atoms. The lowest BCUT2D eigenvalue weighted by Crippen LogP contribution is -1.88. The van der Waals surface area contributed by atoms with Gasteiger partial charge in [-0.15, -0.1) is 11.3 Å². The minimum atomic E-state index is 0.758. The first-order valence-electron chi connectivity index (χ1n) is 6.25. The molecule has 4 heteroatoms. The minimum absolute atomic E-state index is 0.758. The maximum absolute atomic E-state index is 5.89. The van der Waals surface area contributed by atoms with Crippen LogP contribution in [-0.2, 0) is 6.42 Å². The monoisotopic (exact) mass is 300 g/mol. The van der Waals surface area contributed by atoms with Gasteiger partial charge in [-0.05, 0) is 29.8 Å². The van der Waals surface area contributed by atoms with E-state index in [0.29, 0.717) is 0 Å². The van der Waals surface area contributed by atoms with Crippen molar-refractivity contribution in [2.45, 2.75) is 6.42 Å². The van der Waals surface area contributed by atoms with E-state index in [1.807, 2.05) is 48.5 Å². The first kappa shape index (κ1) is 13.2. The molecule has 0 saturated carbocycles. The van der Waals surface area contributed by atoms with E-state index in [2.05, 4.69) is 10.4 Å². The van der Waals surface area contributed by atoms with E-state index >= 15 is 0 Å². The highest BCUT2D eigenvalue weighted by atomic mass is 35.5. The van der Waals surface area contributed by atoms with Gasteiger partial charge in [0.1, 0.15) is 0 Å². The second-order valence-corrected chi connectivity index (χ2v) is 5.93. The maximum Gasteiger partial charge on any atom is 0.0976 e. The lowest BCUT2D eigenvalue weighted by atomic mass is 10.1. The molecule has 0 fully saturated rings. The number of rotatable bonds is 3. The molecule has 0 aliphatic rings. The summed E-state index contributed by atoms with van der Waals surface area (Å²) < 4.78 is 0. The predicted octanol–water partition coefficient (Wildman–Crippen LogP) is 4.64. The van der Waals surface area contributed by atoms with E-state index in [0.717, 1.165) is 33.4 Å². The van der Waals surface area contributed by atoms with Crippen molar-refractivity contribution in [3.63, 3.8) is 0 Å². The molecule has 0 aliphatic carbocycles. The van der Waals surface area contributed by atoms with Crippen molar-refractivity contribution in [3.8, 4) is 11.3 Å². The SMILES string of the molecule is Nc1cccc(-c2csc(Cc3ccc(Cl)cc3)n2)c1. The van der Waals surface area contributed by atoms with Gasteiger partial charge in [0.2, 0.25) is 0 Å². The van der Waals surface area contributed by atoms with Gasteiger partial charge in [-0.25, -0.2) is 4.98 Å². The van der Waals surface area contributed by atoms with Gasteiger partial charge in [0.15, 0.2) is 0 Å². The Morgan fingerprint density at radius 2 is 1.90 bits per heavy atom. The third-order valence-electron chi connectivity index (χ3n) is 3.00. The molecule has 3 rings (SSSR count). The molecule has 0 amide bonds. The third kappa shape index (κ3) is 3.00. The second kappa shape index (κ2) is 5.65. The quantitative estimate of drug-likeness (QED) is 0.716. The highest BCUT2D eigenvalue weighted by Gasteiger charge is 2.06. The highest BCUT2D eigenvalue weighted by molar-refractivity contribution is 7.10. The normalized spacial score (nSPS) is 10.7. The Bertz CT molecular complexity index is 719. The number of halogens is 1. The molecule has 0 radical (unpaired) electrons. The first-order valence-corrected chi connectivity index (χ1v) is 7.51. The second-order valence-electron chi connectivity index (χ2n) is 4.56. The number of nitrogens with two attached hydrogens (primary N) is 1. The third-order valence-corrected chi connectivity index (χ3v) is 4.10.